The van der Waals surface area contributed by atoms with E-state index in [2.05, 4.69) is 5.32 Å². The Hall–Kier alpha value is -2.33. The highest BCUT2D eigenvalue weighted by molar-refractivity contribution is 6.31. The lowest BCUT2D eigenvalue weighted by atomic mass is 10.0. The summed E-state index contributed by atoms with van der Waals surface area (Å²) < 4.78 is 0. The van der Waals surface area contributed by atoms with Crippen molar-refractivity contribution in [1.82, 2.24) is 10.2 Å². The van der Waals surface area contributed by atoms with Crippen molar-refractivity contribution in [3.05, 3.63) is 70.7 Å². The van der Waals surface area contributed by atoms with Crippen LogP contribution in [0.4, 0.5) is 0 Å². The van der Waals surface area contributed by atoms with Gasteiger partial charge in [-0.1, -0.05) is 67.1 Å². The smallest absolute Gasteiger partial charge is 0.243 e. The predicted molar refractivity (Wildman–Crippen MR) is 114 cm³/mol. The lowest BCUT2D eigenvalue weighted by Crippen LogP contribution is -2.54. The van der Waals surface area contributed by atoms with Gasteiger partial charge in [-0.15, -0.1) is 0 Å². The predicted octanol–water partition coefficient (Wildman–Crippen LogP) is 4.60. The highest BCUT2D eigenvalue weighted by Gasteiger charge is 2.31. The molecular weight excluding hydrogens is 372 g/mol. The molecule has 0 fully saturated rings. The monoisotopic (exact) mass is 400 g/mol. The zero-order valence-corrected chi connectivity index (χ0v) is 17.8. The van der Waals surface area contributed by atoms with Crippen LogP contribution in [0.1, 0.15) is 45.2 Å². The molecule has 0 saturated carbocycles. The van der Waals surface area contributed by atoms with Gasteiger partial charge in [0.05, 0.1) is 0 Å². The van der Waals surface area contributed by atoms with E-state index in [0.717, 1.165) is 11.1 Å². The molecule has 0 heterocycles. The maximum absolute atomic E-state index is 13.2. The Kier molecular flexibility index (Phi) is 7.64. The second kappa shape index (κ2) is 9.74. The number of carbonyl (C=O) groups excluding carboxylic acids is 2. The Morgan fingerprint density at radius 2 is 1.64 bits per heavy atom. The van der Waals surface area contributed by atoms with Gasteiger partial charge in [0.15, 0.2) is 0 Å². The van der Waals surface area contributed by atoms with Gasteiger partial charge in [0.1, 0.15) is 6.04 Å². The number of halogens is 1. The number of benzene rings is 2. The normalized spacial score (nSPS) is 12.3. The number of hydrogen-bond acceptors (Lipinski definition) is 2. The van der Waals surface area contributed by atoms with Crippen molar-refractivity contribution in [3.8, 4) is 0 Å². The van der Waals surface area contributed by atoms with Crippen LogP contribution in [0, 0.1) is 0 Å². The molecule has 150 valence electrons. The first-order chi connectivity index (χ1) is 13.2. The fourth-order valence-electron chi connectivity index (χ4n) is 3.02. The van der Waals surface area contributed by atoms with Gasteiger partial charge in [0.2, 0.25) is 11.8 Å². The summed E-state index contributed by atoms with van der Waals surface area (Å²) in [5.41, 5.74) is 1.44. The fourth-order valence-corrected chi connectivity index (χ4v) is 3.22. The van der Waals surface area contributed by atoms with Crippen molar-refractivity contribution < 1.29 is 9.59 Å². The molecule has 0 spiro atoms. The van der Waals surface area contributed by atoms with E-state index in [1.54, 1.807) is 11.0 Å². The summed E-state index contributed by atoms with van der Waals surface area (Å²) in [4.78, 5) is 27.6. The lowest BCUT2D eigenvalue weighted by molar-refractivity contribution is -0.141. The lowest BCUT2D eigenvalue weighted by Gasteiger charge is -2.33. The fraction of sp³-hybridized carbons (Fsp3) is 0.391. The van der Waals surface area contributed by atoms with Crippen molar-refractivity contribution >= 4 is 23.4 Å². The SMILES string of the molecule is CCC(=O)N(Cc1ccccc1Cl)[C@@H](Cc1ccccc1)C(=O)NC(C)(C)C. The van der Waals surface area contributed by atoms with Crippen LogP contribution in [0.3, 0.4) is 0 Å². The molecule has 2 aromatic carbocycles. The largest absolute Gasteiger partial charge is 0.350 e. The van der Waals surface area contributed by atoms with Gasteiger partial charge in [-0.3, -0.25) is 9.59 Å². The minimum Gasteiger partial charge on any atom is -0.350 e. The second-order valence-electron chi connectivity index (χ2n) is 7.91. The summed E-state index contributed by atoms with van der Waals surface area (Å²) in [5.74, 6) is -0.241. The minimum absolute atomic E-state index is 0.0788. The van der Waals surface area contributed by atoms with E-state index in [0.29, 0.717) is 24.4 Å². The average Bonchev–Trinajstić information content (AvgIpc) is 2.64. The Bertz CT molecular complexity index is 800. The topological polar surface area (TPSA) is 49.4 Å². The summed E-state index contributed by atoms with van der Waals surface area (Å²) in [5, 5.41) is 3.62. The van der Waals surface area contributed by atoms with Gasteiger partial charge in [-0.25, -0.2) is 0 Å². The zero-order valence-electron chi connectivity index (χ0n) is 17.0. The zero-order chi connectivity index (χ0) is 20.7. The molecule has 0 aromatic heterocycles. The van der Waals surface area contributed by atoms with Gasteiger partial charge in [0.25, 0.3) is 0 Å². The summed E-state index contributed by atoms with van der Waals surface area (Å²) >= 11 is 6.33. The number of amides is 2. The highest BCUT2D eigenvalue weighted by Crippen LogP contribution is 2.21. The summed E-state index contributed by atoms with van der Waals surface area (Å²) in [6.07, 6.45) is 0.761. The quantitative estimate of drug-likeness (QED) is 0.738. The third-order valence-electron chi connectivity index (χ3n) is 4.37. The van der Waals surface area contributed by atoms with Crippen LogP contribution in [0.5, 0.6) is 0 Å². The molecule has 1 atom stereocenters. The Morgan fingerprint density at radius 3 is 2.21 bits per heavy atom. The van der Waals surface area contributed by atoms with Crippen molar-refractivity contribution in [1.29, 1.82) is 0 Å². The van der Waals surface area contributed by atoms with E-state index in [4.69, 9.17) is 11.6 Å². The van der Waals surface area contributed by atoms with Gasteiger partial charge >= 0.3 is 0 Å². The molecule has 2 aromatic rings. The van der Waals surface area contributed by atoms with Crippen LogP contribution in [0.2, 0.25) is 5.02 Å². The molecule has 0 saturated heterocycles. The first kappa shape index (κ1) is 22.0. The summed E-state index contributed by atoms with van der Waals surface area (Å²) in [6, 6.07) is 16.6. The Balaban J connectivity index is 2.40. The van der Waals surface area contributed by atoms with Crippen molar-refractivity contribution in [2.24, 2.45) is 0 Å². The number of hydrogen-bond donors (Lipinski definition) is 1. The number of nitrogens with one attached hydrogen (secondary N) is 1. The van der Waals surface area contributed by atoms with E-state index in [-0.39, 0.29) is 11.8 Å². The molecule has 28 heavy (non-hydrogen) atoms. The maximum Gasteiger partial charge on any atom is 0.243 e. The number of rotatable bonds is 7. The molecule has 0 radical (unpaired) electrons. The molecule has 0 aliphatic carbocycles. The van der Waals surface area contributed by atoms with Crippen LogP contribution in [-0.2, 0) is 22.6 Å². The summed E-state index contributed by atoms with van der Waals surface area (Å²) in [7, 11) is 0. The second-order valence-corrected chi connectivity index (χ2v) is 8.32. The Labute approximate surface area is 172 Å². The van der Waals surface area contributed by atoms with E-state index >= 15 is 0 Å². The van der Waals surface area contributed by atoms with E-state index in [9.17, 15) is 9.59 Å². The molecule has 5 heteroatoms. The number of nitrogens with zero attached hydrogens (tertiary/aromatic N) is 1. The van der Waals surface area contributed by atoms with Crippen LogP contribution in [-0.4, -0.2) is 28.3 Å². The minimum atomic E-state index is -0.620. The maximum atomic E-state index is 13.2. The van der Waals surface area contributed by atoms with Crippen LogP contribution < -0.4 is 5.32 Å². The van der Waals surface area contributed by atoms with Crippen LogP contribution in [0.15, 0.2) is 54.6 Å². The standard InChI is InChI=1S/C23H29ClN2O2/c1-5-21(27)26(16-18-13-9-10-14-19(18)24)20(22(28)25-23(2,3)4)15-17-11-7-6-8-12-17/h6-14,20H,5,15-16H2,1-4H3,(H,25,28)/t20-/m0/s1. The first-order valence-electron chi connectivity index (χ1n) is 9.60. The molecule has 2 amide bonds. The molecular formula is C23H29ClN2O2. The number of carbonyl (C=O) groups is 2. The molecule has 0 unspecified atom stereocenters. The third kappa shape index (κ3) is 6.38. The highest BCUT2D eigenvalue weighted by atomic mass is 35.5. The third-order valence-corrected chi connectivity index (χ3v) is 4.74. The molecule has 0 bridgehead atoms. The van der Waals surface area contributed by atoms with Gasteiger partial charge < -0.3 is 10.2 Å². The van der Waals surface area contributed by atoms with Crippen LogP contribution in [0.25, 0.3) is 0 Å². The molecule has 0 aliphatic rings. The van der Waals surface area contributed by atoms with E-state index in [1.165, 1.54) is 0 Å². The van der Waals surface area contributed by atoms with E-state index < -0.39 is 11.6 Å². The van der Waals surface area contributed by atoms with Crippen LogP contribution >= 0.6 is 11.6 Å². The van der Waals surface area contributed by atoms with Crippen molar-refractivity contribution in [2.45, 2.75) is 58.7 Å². The van der Waals surface area contributed by atoms with Crippen molar-refractivity contribution in [2.75, 3.05) is 0 Å². The van der Waals surface area contributed by atoms with Gasteiger partial charge in [-0.05, 0) is 38.0 Å². The molecule has 2 rings (SSSR count). The summed E-state index contributed by atoms with van der Waals surface area (Å²) in [6.45, 7) is 7.91. The van der Waals surface area contributed by atoms with Gasteiger partial charge in [0, 0.05) is 29.9 Å². The molecule has 0 aliphatic heterocycles. The molecule has 4 nitrogen and oxygen atoms in total. The average molecular weight is 401 g/mol. The van der Waals surface area contributed by atoms with Gasteiger partial charge in [-0.2, -0.15) is 0 Å². The van der Waals surface area contributed by atoms with Crippen molar-refractivity contribution in [3.63, 3.8) is 0 Å². The first-order valence-corrected chi connectivity index (χ1v) is 9.98. The molecule has 1 N–H and O–H groups in total. The Morgan fingerprint density at radius 1 is 1.04 bits per heavy atom. The van der Waals surface area contributed by atoms with E-state index in [1.807, 2.05) is 76.2 Å².